The Balaban J connectivity index is 2.09. The van der Waals surface area contributed by atoms with Crippen molar-refractivity contribution < 1.29 is 9.26 Å². The van der Waals surface area contributed by atoms with E-state index < -0.39 is 0 Å². The number of likely N-dealkylation sites (N-methyl/N-ethyl adjacent to an activating group) is 1. The lowest BCUT2D eigenvalue weighted by Gasteiger charge is -2.35. The second kappa shape index (κ2) is 5.80. The summed E-state index contributed by atoms with van der Waals surface area (Å²) >= 11 is 0. The quantitative estimate of drug-likeness (QED) is 0.868. The van der Waals surface area contributed by atoms with E-state index >= 15 is 0 Å². The van der Waals surface area contributed by atoms with Gasteiger partial charge in [-0.2, -0.15) is 4.98 Å². The number of aromatic nitrogens is 2. The summed E-state index contributed by atoms with van der Waals surface area (Å²) in [6.07, 6.45) is 5.05. The summed E-state index contributed by atoms with van der Waals surface area (Å²) in [6.45, 7) is 3.13. The van der Waals surface area contributed by atoms with E-state index in [9.17, 15) is 0 Å². The highest BCUT2D eigenvalue weighted by Crippen LogP contribution is 2.40. The molecule has 1 aromatic rings. The van der Waals surface area contributed by atoms with Crippen molar-refractivity contribution in [2.75, 3.05) is 20.7 Å². The fraction of sp³-hybridized carbons (Fsp3) is 0.846. The molecule has 5 heteroatoms. The molecule has 1 aliphatic carbocycles. The first-order valence-corrected chi connectivity index (χ1v) is 6.73. The van der Waals surface area contributed by atoms with Crippen molar-refractivity contribution in [2.24, 2.45) is 5.92 Å². The summed E-state index contributed by atoms with van der Waals surface area (Å²) in [5.74, 6) is 2.18. The van der Waals surface area contributed by atoms with Crippen LogP contribution in [0.15, 0.2) is 4.52 Å². The molecule has 0 aromatic carbocycles. The second-order valence-corrected chi connectivity index (χ2v) is 5.25. The molecular formula is C13H23N3O2. The van der Waals surface area contributed by atoms with Gasteiger partial charge < -0.3 is 14.6 Å². The van der Waals surface area contributed by atoms with Crippen molar-refractivity contribution in [3.8, 4) is 0 Å². The predicted molar refractivity (Wildman–Crippen MR) is 68.2 cm³/mol. The van der Waals surface area contributed by atoms with Crippen LogP contribution in [-0.4, -0.2) is 30.8 Å². The summed E-state index contributed by atoms with van der Waals surface area (Å²) < 4.78 is 11.0. The Morgan fingerprint density at radius 3 is 2.78 bits per heavy atom. The van der Waals surface area contributed by atoms with E-state index in [0.29, 0.717) is 5.89 Å². The molecule has 1 N–H and O–H groups in total. The first-order chi connectivity index (χ1) is 8.70. The molecule has 0 radical (unpaired) electrons. The lowest BCUT2D eigenvalue weighted by Crippen LogP contribution is -2.34. The van der Waals surface area contributed by atoms with E-state index in [2.05, 4.69) is 22.4 Å². The Morgan fingerprint density at radius 1 is 1.44 bits per heavy atom. The van der Waals surface area contributed by atoms with E-state index in [4.69, 9.17) is 9.26 Å². The van der Waals surface area contributed by atoms with Gasteiger partial charge in [-0.1, -0.05) is 12.1 Å². The molecule has 0 unspecified atom stereocenters. The molecule has 1 aromatic heterocycles. The summed E-state index contributed by atoms with van der Waals surface area (Å²) in [6, 6.07) is 0. The minimum Gasteiger partial charge on any atom is -0.370 e. The molecule has 1 fully saturated rings. The lowest BCUT2D eigenvalue weighted by molar-refractivity contribution is -0.0609. The van der Waals surface area contributed by atoms with Crippen LogP contribution >= 0.6 is 0 Å². The van der Waals surface area contributed by atoms with Gasteiger partial charge in [0, 0.05) is 20.1 Å². The molecule has 102 valence electrons. The van der Waals surface area contributed by atoms with Crippen LogP contribution in [0.3, 0.4) is 0 Å². The maximum atomic E-state index is 5.73. The van der Waals surface area contributed by atoms with Gasteiger partial charge in [0.05, 0.1) is 0 Å². The zero-order valence-corrected chi connectivity index (χ0v) is 11.5. The Morgan fingerprint density at radius 2 is 2.17 bits per heavy atom. The van der Waals surface area contributed by atoms with Gasteiger partial charge in [-0.15, -0.1) is 0 Å². The van der Waals surface area contributed by atoms with Gasteiger partial charge in [0.2, 0.25) is 11.7 Å². The summed E-state index contributed by atoms with van der Waals surface area (Å²) in [5.41, 5.74) is -0.325. The van der Waals surface area contributed by atoms with E-state index in [1.54, 1.807) is 7.11 Å². The van der Waals surface area contributed by atoms with Gasteiger partial charge in [0.1, 0.15) is 5.60 Å². The Labute approximate surface area is 108 Å². The zero-order valence-electron chi connectivity index (χ0n) is 11.5. The SMILES string of the molecule is CNCCc1nc(C2(OC)CCC(C)CC2)no1. The van der Waals surface area contributed by atoms with Gasteiger partial charge >= 0.3 is 0 Å². The van der Waals surface area contributed by atoms with Crippen molar-refractivity contribution in [1.29, 1.82) is 0 Å². The number of ether oxygens (including phenoxy) is 1. The van der Waals surface area contributed by atoms with Crippen LogP contribution in [0, 0.1) is 5.92 Å². The normalized spacial score (nSPS) is 28.5. The minimum atomic E-state index is -0.325. The van der Waals surface area contributed by atoms with Gasteiger partial charge in [-0.25, -0.2) is 0 Å². The van der Waals surface area contributed by atoms with Crippen LogP contribution in [0.1, 0.15) is 44.3 Å². The van der Waals surface area contributed by atoms with Gasteiger partial charge in [-0.05, 0) is 38.6 Å². The van der Waals surface area contributed by atoms with Crippen molar-refractivity contribution in [3.63, 3.8) is 0 Å². The minimum absolute atomic E-state index is 0.325. The lowest BCUT2D eigenvalue weighted by atomic mass is 9.79. The van der Waals surface area contributed by atoms with E-state index in [1.165, 1.54) is 0 Å². The number of hydrogen-bond donors (Lipinski definition) is 1. The van der Waals surface area contributed by atoms with E-state index in [0.717, 1.165) is 50.4 Å². The molecule has 0 bridgehead atoms. The number of nitrogens with zero attached hydrogens (tertiary/aromatic N) is 2. The van der Waals surface area contributed by atoms with Crippen molar-refractivity contribution in [2.45, 2.75) is 44.6 Å². The van der Waals surface area contributed by atoms with Crippen molar-refractivity contribution in [1.82, 2.24) is 15.5 Å². The van der Waals surface area contributed by atoms with Gasteiger partial charge in [-0.3, -0.25) is 0 Å². The molecule has 0 atom stereocenters. The molecule has 1 aliphatic rings. The summed E-state index contributed by atoms with van der Waals surface area (Å²) in [5, 5.41) is 7.20. The Bertz CT molecular complexity index is 370. The molecule has 0 amide bonds. The number of hydrogen-bond acceptors (Lipinski definition) is 5. The third-order valence-corrected chi connectivity index (χ3v) is 3.94. The summed E-state index contributed by atoms with van der Waals surface area (Å²) in [4.78, 5) is 4.50. The Kier molecular flexibility index (Phi) is 4.35. The molecule has 2 rings (SSSR count). The highest BCUT2D eigenvalue weighted by atomic mass is 16.5. The van der Waals surface area contributed by atoms with Crippen molar-refractivity contribution >= 4 is 0 Å². The number of nitrogens with one attached hydrogen (secondary N) is 1. The molecule has 1 heterocycles. The largest absolute Gasteiger partial charge is 0.370 e. The molecule has 0 spiro atoms. The molecular weight excluding hydrogens is 230 g/mol. The smallest absolute Gasteiger partial charge is 0.228 e. The highest BCUT2D eigenvalue weighted by molar-refractivity contribution is 5.04. The Hall–Kier alpha value is -0.940. The average molecular weight is 253 g/mol. The van der Waals surface area contributed by atoms with Crippen LogP contribution in [-0.2, 0) is 16.8 Å². The molecule has 18 heavy (non-hydrogen) atoms. The molecule has 1 saturated carbocycles. The predicted octanol–water partition coefficient (Wildman–Crippen LogP) is 1.88. The van der Waals surface area contributed by atoms with Crippen molar-refractivity contribution in [3.05, 3.63) is 11.7 Å². The van der Waals surface area contributed by atoms with E-state index in [1.807, 2.05) is 7.05 Å². The van der Waals surface area contributed by atoms with Gasteiger partial charge in [0.25, 0.3) is 0 Å². The number of methoxy groups -OCH3 is 1. The van der Waals surface area contributed by atoms with E-state index in [-0.39, 0.29) is 5.60 Å². The third-order valence-electron chi connectivity index (χ3n) is 3.94. The molecule has 0 aliphatic heterocycles. The monoisotopic (exact) mass is 253 g/mol. The first kappa shape index (κ1) is 13.5. The van der Waals surface area contributed by atoms with Gasteiger partial charge in [0.15, 0.2) is 0 Å². The van der Waals surface area contributed by atoms with Crippen LogP contribution in [0.5, 0.6) is 0 Å². The maximum absolute atomic E-state index is 5.73. The first-order valence-electron chi connectivity index (χ1n) is 6.73. The zero-order chi connectivity index (χ0) is 13.0. The standard InChI is InChI=1S/C13H23N3O2/c1-10-4-7-13(17-3,8-5-10)12-15-11(18-16-12)6-9-14-2/h10,14H,4-9H2,1-3H3. The maximum Gasteiger partial charge on any atom is 0.228 e. The second-order valence-electron chi connectivity index (χ2n) is 5.25. The molecule has 0 saturated heterocycles. The van der Waals surface area contributed by atoms with Crippen LogP contribution in [0.2, 0.25) is 0 Å². The van der Waals surface area contributed by atoms with Crippen LogP contribution in [0.25, 0.3) is 0 Å². The van der Waals surface area contributed by atoms with Crippen LogP contribution < -0.4 is 5.32 Å². The topological polar surface area (TPSA) is 60.2 Å². The fourth-order valence-corrected chi connectivity index (χ4v) is 2.52. The highest BCUT2D eigenvalue weighted by Gasteiger charge is 2.40. The third kappa shape index (κ3) is 2.72. The van der Waals surface area contributed by atoms with Crippen LogP contribution in [0.4, 0.5) is 0 Å². The molecule has 5 nitrogen and oxygen atoms in total. The number of rotatable bonds is 5. The fourth-order valence-electron chi connectivity index (χ4n) is 2.52. The summed E-state index contributed by atoms with van der Waals surface area (Å²) in [7, 11) is 3.66. The average Bonchev–Trinajstić information content (AvgIpc) is 2.87.